The fourth-order valence-corrected chi connectivity index (χ4v) is 0.971. The number of hydrogen-bond donors (Lipinski definition) is 2. The number of benzene rings is 1. The van der Waals surface area contributed by atoms with Gasteiger partial charge >= 0.3 is 5.24 Å². The van der Waals surface area contributed by atoms with Crippen molar-refractivity contribution in [3.8, 4) is 0 Å². The molecule has 70 valence electrons. The Labute approximate surface area is 75.6 Å². The predicted octanol–water partition coefficient (Wildman–Crippen LogP) is 0.507. The SMILES string of the molecule is NS(=O)(=O)C(=O)Nc1ccccc1. The van der Waals surface area contributed by atoms with Crippen LogP contribution in [0.1, 0.15) is 0 Å². The molecule has 0 unspecified atom stereocenters. The first-order chi connectivity index (χ1) is 6.00. The van der Waals surface area contributed by atoms with E-state index in [2.05, 4.69) is 10.5 Å². The standard InChI is InChI=1S/C7H8N2O3S/c8-13(11,12)7(10)9-6-4-2-1-3-5-6/h1-5H,(H,9,10)(H2,8,11,12). The number of sulfonamides is 1. The van der Waals surface area contributed by atoms with Crippen LogP contribution in [0.2, 0.25) is 0 Å². The minimum Gasteiger partial charge on any atom is -0.312 e. The Morgan fingerprint density at radius 3 is 2.23 bits per heavy atom. The maximum absolute atomic E-state index is 10.8. The molecule has 1 amide bonds. The highest BCUT2D eigenvalue weighted by Gasteiger charge is 2.15. The molecule has 0 heterocycles. The molecule has 0 fully saturated rings. The van der Waals surface area contributed by atoms with E-state index in [4.69, 9.17) is 0 Å². The van der Waals surface area contributed by atoms with Crippen LogP contribution in [0.4, 0.5) is 10.5 Å². The Hall–Kier alpha value is -1.40. The lowest BCUT2D eigenvalue weighted by atomic mass is 10.3. The van der Waals surface area contributed by atoms with Gasteiger partial charge in [-0.05, 0) is 12.1 Å². The van der Waals surface area contributed by atoms with Crippen LogP contribution >= 0.6 is 0 Å². The summed E-state index contributed by atoms with van der Waals surface area (Å²) in [5.74, 6) is 0. The van der Waals surface area contributed by atoms with Gasteiger partial charge in [-0.3, -0.25) is 4.79 Å². The molecular weight excluding hydrogens is 192 g/mol. The first-order valence-electron chi connectivity index (χ1n) is 3.39. The fourth-order valence-electron chi connectivity index (χ4n) is 0.710. The Balaban J connectivity index is 2.78. The predicted molar refractivity (Wildman–Crippen MR) is 48.6 cm³/mol. The molecule has 0 saturated carbocycles. The molecule has 0 spiro atoms. The van der Waals surface area contributed by atoms with Crippen LogP contribution in [0.15, 0.2) is 30.3 Å². The molecule has 0 aliphatic rings. The van der Waals surface area contributed by atoms with E-state index in [0.29, 0.717) is 5.69 Å². The summed E-state index contributed by atoms with van der Waals surface area (Å²) in [6, 6.07) is 8.19. The number of nitrogens with one attached hydrogen (secondary N) is 1. The van der Waals surface area contributed by atoms with Gasteiger partial charge < -0.3 is 5.32 Å². The van der Waals surface area contributed by atoms with Crippen LogP contribution < -0.4 is 10.5 Å². The van der Waals surface area contributed by atoms with Crippen molar-refractivity contribution in [3.63, 3.8) is 0 Å². The van der Waals surface area contributed by atoms with E-state index in [-0.39, 0.29) is 0 Å². The Bertz CT molecular complexity index is 399. The molecular formula is C7H8N2O3S. The van der Waals surface area contributed by atoms with Gasteiger partial charge in [0.25, 0.3) is 10.0 Å². The van der Waals surface area contributed by atoms with Crippen molar-refractivity contribution in [1.29, 1.82) is 0 Å². The topological polar surface area (TPSA) is 89.3 Å². The van der Waals surface area contributed by atoms with E-state index < -0.39 is 15.3 Å². The summed E-state index contributed by atoms with van der Waals surface area (Å²) < 4.78 is 21.0. The van der Waals surface area contributed by atoms with Crippen molar-refractivity contribution in [1.82, 2.24) is 0 Å². The number of nitrogens with two attached hydrogens (primary N) is 1. The molecule has 0 saturated heterocycles. The molecule has 0 aliphatic carbocycles. The average Bonchev–Trinajstić information content (AvgIpc) is 2.04. The molecule has 1 aromatic rings. The van der Waals surface area contributed by atoms with E-state index in [9.17, 15) is 13.2 Å². The lowest BCUT2D eigenvalue weighted by molar-refractivity contribution is 0.267. The number of primary sulfonamides is 1. The van der Waals surface area contributed by atoms with E-state index in [1.165, 1.54) is 0 Å². The number of para-hydroxylation sites is 1. The van der Waals surface area contributed by atoms with Gasteiger partial charge in [0.15, 0.2) is 0 Å². The summed E-state index contributed by atoms with van der Waals surface area (Å²) in [7, 11) is -4.15. The highest BCUT2D eigenvalue weighted by atomic mass is 32.2. The van der Waals surface area contributed by atoms with Gasteiger partial charge in [-0.1, -0.05) is 18.2 Å². The second-order valence-corrected chi connectivity index (χ2v) is 3.78. The molecule has 3 N–H and O–H groups in total. The molecule has 0 aromatic heterocycles. The third-order valence-corrected chi connectivity index (χ3v) is 1.90. The van der Waals surface area contributed by atoms with Crippen LogP contribution in [0.5, 0.6) is 0 Å². The Kier molecular flexibility index (Phi) is 2.64. The lowest BCUT2D eigenvalue weighted by Gasteiger charge is -2.01. The van der Waals surface area contributed by atoms with E-state index in [1.807, 2.05) is 0 Å². The lowest BCUT2D eigenvalue weighted by Crippen LogP contribution is -2.28. The molecule has 5 nitrogen and oxygen atoms in total. The van der Waals surface area contributed by atoms with Gasteiger partial charge in [0.2, 0.25) is 0 Å². The minimum absolute atomic E-state index is 0.390. The number of rotatable bonds is 1. The Morgan fingerprint density at radius 2 is 1.77 bits per heavy atom. The maximum Gasteiger partial charge on any atom is 0.355 e. The third kappa shape index (κ3) is 2.85. The molecule has 0 atom stereocenters. The second kappa shape index (κ2) is 3.55. The first-order valence-corrected chi connectivity index (χ1v) is 4.93. The van der Waals surface area contributed by atoms with Crippen LogP contribution in [-0.4, -0.2) is 13.7 Å². The van der Waals surface area contributed by atoms with Crippen molar-refractivity contribution in [2.24, 2.45) is 5.14 Å². The first kappa shape index (κ1) is 9.69. The number of carbonyl (C=O) groups is 1. The molecule has 6 heteroatoms. The average molecular weight is 200 g/mol. The monoisotopic (exact) mass is 200 g/mol. The van der Waals surface area contributed by atoms with Gasteiger partial charge in [0.05, 0.1) is 0 Å². The van der Waals surface area contributed by atoms with Gasteiger partial charge in [0, 0.05) is 5.69 Å². The zero-order valence-corrected chi connectivity index (χ0v) is 7.41. The normalized spacial score (nSPS) is 10.8. The second-order valence-electron chi connectivity index (χ2n) is 2.32. The number of anilines is 1. The molecule has 1 aromatic carbocycles. The van der Waals surface area contributed by atoms with Gasteiger partial charge in [-0.15, -0.1) is 0 Å². The molecule has 1 rings (SSSR count). The highest BCUT2D eigenvalue weighted by molar-refractivity contribution is 8.04. The van der Waals surface area contributed by atoms with Crippen molar-refractivity contribution in [3.05, 3.63) is 30.3 Å². The number of hydrogen-bond acceptors (Lipinski definition) is 3. The number of carbonyl (C=O) groups excluding carboxylic acids is 1. The Morgan fingerprint density at radius 1 is 1.23 bits per heavy atom. The van der Waals surface area contributed by atoms with Crippen LogP contribution in [-0.2, 0) is 10.0 Å². The van der Waals surface area contributed by atoms with E-state index in [0.717, 1.165) is 0 Å². The maximum atomic E-state index is 10.8. The van der Waals surface area contributed by atoms with Gasteiger partial charge in [0.1, 0.15) is 0 Å². The molecule has 0 aliphatic heterocycles. The van der Waals surface area contributed by atoms with Gasteiger partial charge in [-0.2, -0.15) is 0 Å². The van der Waals surface area contributed by atoms with Crippen molar-refractivity contribution < 1.29 is 13.2 Å². The summed E-state index contributed by atoms with van der Waals surface area (Å²) in [6.07, 6.45) is 0. The fraction of sp³-hybridized carbons (Fsp3) is 0. The zero-order chi connectivity index (χ0) is 9.90. The molecule has 0 radical (unpaired) electrons. The largest absolute Gasteiger partial charge is 0.355 e. The quantitative estimate of drug-likeness (QED) is 0.692. The smallest absolute Gasteiger partial charge is 0.312 e. The summed E-state index contributed by atoms with van der Waals surface area (Å²) in [6.45, 7) is 0. The minimum atomic E-state index is -4.15. The van der Waals surface area contributed by atoms with Crippen LogP contribution in [0.25, 0.3) is 0 Å². The molecule has 13 heavy (non-hydrogen) atoms. The number of amides is 1. The zero-order valence-electron chi connectivity index (χ0n) is 6.60. The van der Waals surface area contributed by atoms with Crippen molar-refractivity contribution in [2.45, 2.75) is 0 Å². The summed E-state index contributed by atoms with van der Waals surface area (Å²) >= 11 is 0. The van der Waals surface area contributed by atoms with Gasteiger partial charge in [-0.25, -0.2) is 13.6 Å². The summed E-state index contributed by atoms with van der Waals surface area (Å²) in [5, 5.41) is 5.51. The summed E-state index contributed by atoms with van der Waals surface area (Å²) in [5.41, 5.74) is 0.390. The van der Waals surface area contributed by atoms with Crippen molar-refractivity contribution in [2.75, 3.05) is 5.32 Å². The third-order valence-electron chi connectivity index (χ3n) is 1.28. The van der Waals surface area contributed by atoms with Crippen molar-refractivity contribution >= 4 is 20.9 Å². The van der Waals surface area contributed by atoms with Crippen LogP contribution in [0, 0.1) is 0 Å². The van der Waals surface area contributed by atoms with E-state index in [1.54, 1.807) is 30.3 Å². The molecule has 0 bridgehead atoms. The summed E-state index contributed by atoms with van der Waals surface area (Å²) in [4.78, 5) is 10.8. The van der Waals surface area contributed by atoms with E-state index >= 15 is 0 Å². The highest BCUT2D eigenvalue weighted by Crippen LogP contribution is 2.05. The van der Waals surface area contributed by atoms with Crippen LogP contribution in [0.3, 0.4) is 0 Å².